The highest BCUT2D eigenvalue weighted by atomic mass is 16.3. The number of benzene rings is 2. The summed E-state index contributed by atoms with van der Waals surface area (Å²) in [6.07, 6.45) is 2.29. The van der Waals surface area contributed by atoms with Crippen molar-refractivity contribution in [3.63, 3.8) is 0 Å². The molecule has 31 N–H and O–H groups in total. The van der Waals surface area contributed by atoms with Gasteiger partial charge in [-0.2, -0.15) is 0 Å². The Balaban J connectivity index is 2.26. The molecule has 0 saturated carbocycles. The Kier molecular flexibility index (Phi) is 42.7. The van der Waals surface area contributed by atoms with Crippen molar-refractivity contribution in [2.24, 2.45) is 55.9 Å². The van der Waals surface area contributed by atoms with E-state index in [0.717, 1.165) is 0 Å². The summed E-state index contributed by atoms with van der Waals surface area (Å²) in [4.78, 5) is 195. The molecule has 0 spiro atoms. The fraction of sp³-hybridized carbons (Fsp3) is 0.569. The van der Waals surface area contributed by atoms with Crippen LogP contribution in [0.1, 0.15) is 115 Å². The standard InChI is InChI=1S/C65H107N23O16/c1-37(80-52(93)35-79-58(99)45(19-9-12-28-74-39(3)90)86-62(103)49(32-40-15-5-4-6-16-40)82-53(94)34-77-51(92)33-78-57(98)43(68)31-41-22-24-42(91)25-23-41)55(96)84-48(21-14-30-76-65(72)73)60(101)87-46(18-8-11-27-67)61(102)88-50(36-89)63(104)81-38(2)56(97)85-47(20-13-29-75-64(70)71)59(100)83-44(54(69)95)17-7-10-26-66/h4-6,15-16,22-25,37-38,43-50,89,91H,7-14,17-21,26-36,66-68H2,1-3H3,(H2,69,95)(H,74,90)(H,77,92)(H,78,98)(H,79,99)(H,80,93)(H,81,104)(H,82,94)(H,83,100)(H,84,96)(H,85,97)(H,86,103)(H,87,101)(H,88,102)(H4,70,71,75)(H4,72,73,76)/t37-,38-,43-,44-,45-,46-,47-,48-,49-,50-/m0/s1. The highest BCUT2D eigenvalue weighted by Crippen LogP contribution is 2.13. The number of aliphatic hydroxyl groups is 1. The van der Waals surface area contributed by atoms with Crippen LogP contribution in [0, 0.1) is 0 Å². The number of primary amides is 1. The number of phenolic OH excluding ortho intramolecular Hbond substituents is 1. The number of amides is 14. The van der Waals surface area contributed by atoms with E-state index in [0.29, 0.717) is 43.4 Å². The molecule has 10 atom stereocenters. The van der Waals surface area contributed by atoms with Crippen molar-refractivity contribution in [2.45, 2.75) is 178 Å². The number of aliphatic imine (C=N–C) groups is 2. The summed E-state index contributed by atoms with van der Waals surface area (Å²) in [6.45, 7) is 1.62. The lowest BCUT2D eigenvalue weighted by atomic mass is 10.0. The van der Waals surface area contributed by atoms with Crippen molar-refractivity contribution < 1.29 is 77.3 Å². The molecule has 0 fully saturated rings. The lowest BCUT2D eigenvalue weighted by Gasteiger charge is -2.26. The molecule has 578 valence electrons. The number of unbranched alkanes of at least 4 members (excludes halogenated alkanes) is 3. The average Bonchev–Trinajstić information content (AvgIpc) is 0.873. The highest BCUT2D eigenvalue weighted by molar-refractivity contribution is 5.99. The fourth-order valence-electron chi connectivity index (χ4n) is 9.82. The van der Waals surface area contributed by atoms with E-state index in [2.05, 4.69) is 79.1 Å². The number of phenols is 1. The van der Waals surface area contributed by atoms with Crippen LogP contribution < -0.4 is 115 Å². The van der Waals surface area contributed by atoms with E-state index in [-0.39, 0.29) is 120 Å². The minimum atomic E-state index is -1.73. The van der Waals surface area contributed by atoms with Crippen molar-refractivity contribution in [2.75, 3.05) is 59.0 Å². The van der Waals surface area contributed by atoms with E-state index in [1.54, 1.807) is 42.5 Å². The van der Waals surface area contributed by atoms with Crippen LogP contribution in [0.2, 0.25) is 0 Å². The minimum absolute atomic E-state index is 0.0257. The first kappa shape index (κ1) is 89.3. The monoisotopic (exact) mass is 1470 g/mol. The van der Waals surface area contributed by atoms with Gasteiger partial charge in [0.2, 0.25) is 82.7 Å². The fourth-order valence-corrected chi connectivity index (χ4v) is 9.82. The molecule has 2 aromatic rings. The first-order valence-electron chi connectivity index (χ1n) is 34.1. The Labute approximate surface area is 602 Å². The number of aromatic hydroxyl groups is 1. The number of guanidine groups is 2. The van der Waals surface area contributed by atoms with Crippen LogP contribution >= 0.6 is 0 Å². The summed E-state index contributed by atoms with van der Waals surface area (Å²) in [7, 11) is 0. The molecule has 2 aromatic carbocycles. The number of hydrogen-bond acceptors (Lipinski definition) is 21. The Morgan fingerprint density at radius 3 is 1.31 bits per heavy atom. The van der Waals surface area contributed by atoms with Crippen molar-refractivity contribution in [1.29, 1.82) is 0 Å². The first-order chi connectivity index (χ1) is 49.4. The van der Waals surface area contributed by atoms with Gasteiger partial charge in [0.05, 0.1) is 32.3 Å². The van der Waals surface area contributed by atoms with Crippen LogP contribution in [-0.4, -0.2) is 224 Å². The zero-order valence-corrected chi connectivity index (χ0v) is 59.1. The van der Waals surface area contributed by atoms with Crippen LogP contribution in [0.3, 0.4) is 0 Å². The predicted molar refractivity (Wildman–Crippen MR) is 382 cm³/mol. The molecule has 0 aromatic heterocycles. The highest BCUT2D eigenvalue weighted by Gasteiger charge is 2.34. The van der Waals surface area contributed by atoms with E-state index in [9.17, 15) is 77.3 Å². The molecule has 0 saturated heterocycles. The molecule has 0 bridgehead atoms. The van der Waals surface area contributed by atoms with E-state index < -0.39 is 163 Å². The SMILES string of the molecule is CC(=O)NCCCC[C@H](NC(=O)[C@H](Cc1ccccc1)NC(=O)CNC(=O)CNC(=O)[C@@H](N)Cc1ccc(O)cc1)C(=O)NCC(=O)N[C@@H](C)C(=O)N[C@@H](CCCN=C(N)N)C(=O)N[C@@H](CCCCN)C(=O)N[C@@H](CO)C(=O)N[C@@H](C)C(=O)N[C@@H](CCCN=C(N)N)C(=O)N[C@@H](CCCCN)C(N)=O. The molecule has 0 aliphatic rings. The first-order valence-corrected chi connectivity index (χ1v) is 34.1. The van der Waals surface area contributed by atoms with Crippen molar-refractivity contribution in [3.8, 4) is 5.75 Å². The third-order valence-corrected chi connectivity index (χ3v) is 15.6. The molecule has 104 heavy (non-hydrogen) atoms. The van der Waals surface area contributed by atoms with Gasteiger partial charge in [-0.05, 0) is 140 Å². The van der Waals surface area contributed by atoms with Gasteiger partial charge in [-0.3, -0.25) is 77.1 Å². The van der Waals surface area contributed by atoms with Crippen molar-refractivity contribution in [3.05, 3.63) is 65.7 Å². The third kappa shape index (κ3) is 37.7. The third-order valence-electron chi connectivity index (χ3n) is 15.6. The Morgan fingerprint density at radius 2 is 0.808 bits per heavy atom. The van der Waals surface area contributed by atoms with Crippen molar-refractivity contribution >= 4 is 94.6 Å². The van der Waals surface area contributed by atoms with Gasteiger partial charge >= 0.3 is 0 Å². The maximum atomic E-state index is 14.2. The Morgan fingerprint density at radius 1 is 0.404 bits per heavy atom. The van der Waals surface area contributed by atoms with Gasteiger partial charge in [-0.1, -0.05) is 42.5 Å². The molecule has 0 aliphatic carbocycles. The zero-order valence-electron chi connectivity index (χ0n) is 59.1. The smallest absolute Gasteiger partial charge is 0.245 e. The largest absolute Gasteiger partial charge is 0.508 e. The maximum Gasteiger partial charge on any atom is 0.245 e. The number of carbonyl (C=O) groups excluding carboxylic acids is 14. The van der Waals surface area contributed by atoms with Gasteiger partial charge < -0.3 is 125 Å². The summed E-state index contributed by atoms with van der Waals surface area (Å²) < 4.78 is 0. The second-order valence-electron chi connectivity index (χ2n) is 24.4. The van der Waals surface area contributed by atoms with E-state index >= 15 is 0 Å². The number of hydrogen-bond donors (Lipinski definition) is 23. The summed E-state index contributed by atoms with van der Waals surface area (Å²) in [6, 6.07) is 0.903. The van der Waals surface area contributed by atoms with Gasteiger partial charge in [0, 0.05) is 33.0 Å². The van der Waals surface area contributed by atoms with Crippen LogP contribution in [-0.2, 0) is 80.0 Å². The molecular formula is C65H107N23O16. The summed E-state index contributed by atoms with van der Waals surface area (Å²) in [5, 5.41) is 52.2. The van der Waals surface area contributed by atoms with Gasteiger partial charge in [-0.15, -0.1) is 0 Å². The second kappa shape index (κ2) is 49.7. The average molecular weight is 1470 g/mol. The molecule has 14 amide bonds. The minimum Gasteiger partial charge on any atom is -0.508 e. The summed E-state index contributed by atoms with van der Waals surface area (Å²) >= 11 is 0. The van der Waals surface area contributed by atoms with Gasteiger partial charge in [0.15, 0.2) is 11.9 Å². The van der Waals surface area contributed by atoms with Gasteiger partial charge in [0.1, 0.15) is 60.1 Å². The molecule has 39 heteroatoms. The topological polar surface area (TPSA) is 669 Å². The van der Waals surface area contributed by atoms with Crippen LogP contribution in [0.15, 0.2) is 64.6 Å². The van der Waals surface area contributed by atoms with Crippen LogP contribution in [0.4, 0.5) is 0 Å². The molecule has 0 radical (unpaired) electrons. The quantitative estimate of drug-likeness (QED) is 0.0166. The normalized spacial score (nSPS) is 13.7. The summed E-state index contributed by atoms with van der Waals surface area (Å²) in [5.74, 6) is -12.1. The maximum absolute atomic E-state index is 14.2. The molecule has 39 nitrogen and oxygen atoms in total. The van der Waals surface area contributed by atoms with Crippen molar-refractivity contribution in [1.82, 2.24) is 69.1 Å². The lowest BCUT2D eigenvalue weighted by molar-refractivity contribution is -0.136. The van der Waals surface area contributed by atoms with E-state index in [1.807, 2.05) is 0 Å². The number of carbonyl (C=O) groups is 14. The van der Waals surface area contributed by atoms with E-state index in [1.165, 1.54) is 32.9 Å². The molecule has 0 aliphatic heterocycles. The molecular weight excluding hydrogens is 1360 g/mol. The molecule has 2 rings (SSSR count). The number of nitrogens with one attached hydrogen (secondary N) is 13. The van der Waals surface area contributed by atoms with Crippen LogP contribution in [0.25, 0.3) is 0 Å². The van der Waals surface area contributed by atoms with Gasteiger partial charge in [0.25, 0.3) is 0 Å². The summed E-state index contributed by atoms with van der Waals surface area (Å²) in [5.41, 5.74) is 46.0. The van der Waals surface area contributed by atoms with Gasteiger partial charge in [-0.25, -0.2) is 0 Å². The Hall–Kier alpha value is -10.8. The second-order valence-corrected chi connectivity index (χ2v) is 24.4. The Bertz CT molecular complexity index is 3190. The number of nitrogens with two attached hydrogens (primary N) is 8. The molecule has 0 unspecified atom stereocenters. The predicted octanol–water partition coefficient (Wildman–Crippen LogP) is -8.59. The number of aliphatic hydroxyl groups excluding tert-OH is 1. The zero-order chi connectivity index (χ0) is 77.7. The number of rotatable bonds is 51. The number of nitrogens with zero attached hydrogens (tertiary/aromatic N) is 2. The van der Waals surface area contributed by atoms with Crippen LogP contribution in [0.5, 0.6) is 5.75 Å². The lowest BCUT2D eigenvalue weighted by Crippen LogP contribution is -2.60. The van der Waals surface area contributed by atoms with E-state index in [4.69, 9.17) is 45.9 Å². The molecule has 0 heterocycles.